The van der Waals surface area contributed by atoms with Gasteiger partial charge in [0.05, 0.1) is 32.3 Å². The number of rotatable bonds is 3. The molecule has 1 aromatic carbocycles. The number of benzene rings is 1. The fraction of sp³-hybridized carbons (Fsp3) is 0.500. The largest absolute Gasteiger partial charge is 0.423 e. The van der Waals surface area contributed by atoms with E-state index < -0.39 is 0 Å². The summed E-state index contributed by atoms with van der Waals surface area (Å²) in [5.74, 6) is 0.930. The van der Waals surface area contributed by atoms with Crippen molar-refractivity contribution in [3.05, 3.63) is 47.2 Å². The number of fused-ring (bicyclic) bond motifs is 1. The van der Waals surface area contributed by atoms with Crippen molar-refractivity contribution in [2.45, 2.75) is 31.9 Å². The van der Waals surface area contributed by atoms with Crippen LogP contribution in [-0.4, -0.2) is 47.4 Å². The monoisotopic (exact) mass is 343 g/mol. The molecule has 7 nitrogen and oxygen atoms in total. The van der Waals surface area contributed by atoms with E-state index in [9.17, 15) is 4.79 Å². The Morgan fingerprint density at radius 2 is 2.16 bits per heavy atom. The second-order valence-corrected chi connectivity index (χ2v) is 6.35. The first-order chi connectivity index (χ1) is 12.2. The first-order valence-corrected chi connectivity index (χ1v) is 8.59. The Morgan fingerprint density at radius 3 is 3.00 bits per heavy atom. The van der Waals surface area contributed by atoms with Gasteiger partial charge in [0.15, 0.2) is 0 Å². The van der Waals surface area contributed by atoms with Crippen LogP contribution in [0.4, 0.5) is 0 Å². The Balaban J connectivity index is 1.52. The van der Waals surface area contributed by atoms with E-state index in [-0.39, 0.29) is 18.1 Å². The molecule has 1 amide bonds. The Labute approximate surface area is 145 Å². The predicted molar refractivity (Wildman–Crippen MR) is 87.8 cm³/mol. The van der Waals surface area contributed by atoms with E-state index >= 15 is 0 Å². The van der Waals surface area contributed by atoms with Gasteiger partial charge in [-0.25, -0.2) is 0 Å². The van der Waals surface area contributed by atoms with Gasteiger partial charge in [0, 0.05) is 13.5 Å². The molecule has 0 saturated carbocycles. The summed E-state index contributed by atoms with van der Waals surface area (Å²) >= 11 is 0. The number of morpholine rings is 1. The highest BCUT2D eigenvalue weighted by Crippen LogP contribution is 2.32. The lowest BCUT2D eigenvalue weighted by Crippen LogP contribution is -2.44. The van der Waals surface area contributed by atoms with Crippen LogP contribution in [0.5, 0.6) is 0 Å². The molecule has 1 fully saturated rings. The molecule has 2 aromatic rings. The summed E-state index contributed by atoms with van der Waals surface area (Å²) in [6.45, 7) is 3.77. The lowest BCUT2D eigenvalue weighted by atomic mass is 9.95. The SMILES string of the molecule is Cc1nnc([C@@H]2COCCN2C(=O)C[C@@H]2OCCc3ccccc32)o1. The van der Waals surface area contributed by atoms with Crippen LogP contribution in [0.2, 0.25) is 0 Å². The minimum absolute atomic E-state index is 0.0193. The van der Waals surface area contributed by atoms with Crippen molar-refractivity contribution in [1.29, 1.82) is 0 Å². The van der Waals surface area contributed by atoms with Gasteiger partial charge in [0.25, 0.3) is 0 Å². The highest BCUT2D eigenvalue weighted by Gasteiger charge is 2.34. The fourth-order valence-electron chi connectivity index (χ4n) is 3.47. The van der Waals surface area contributed by atoms with E-state index in [1.807, 2.05) is 18.2 Å². The molecule has 0 N–H and O–H groups in total. The molecule has 132 valence electrons. The van der Waals surface area contributed by atoms with Gasteiger partial charge in [-0.15, -0.1) is 10.2 Å². The third-order valence-electron chi connectivity index (χ3n) is 4.73. The summed E-state index contributed by atoms with van der Waals surface area (Å²) in [7, 11) is 0. The highest BCUT2D eigenvalue weighted by molar-refractivity contribution is 5.77. The molecule has 25 heavy (non-hydrogen) atoms. The number of hydrogen-bond acceptors (Lipinski definition) is 6. The molecule has 0 aliphatic carbocycles. The maximum atomic E-state index is 13.0. The van der Waals surface area contributed by atoms with Crippen molar-refractivity contribution in [2.75, 3.05) is 26.4 Å². The highest BCUT2D eigenvalue weighted by atomic mass is 16.5. The van der Waals surface area contributed by atoms with Gasteiger partial charge in [-0.05, 0) is 17.5 Å². The molecular formula is C18H21N3O4. The Bertz CT molecular complexity index is 760. The molecule has 1 saturated heterocycles. The van der Waals surface area contributed by atoms with E-state index in [4.69, 9.17) is 13.9 Å². The van der Waals surface area contributed by atoms with Crippen molar-refractivity contribution >= 4 is 5.91 Å². The molecule has 0 unspecified atom stereocenters. The third kappa shape index (κ3) is 3.29. The number of aromatic nitrogens is 2. The summed E-state index contributed by atoms with van der Waals surface area (Å²) in [6, 6.07) is 7.84. The quantitative estimate of drug-likeness (QED) is 0.848. The number of hydrogen-bond donors (Lipinski definition) is 0. The number of ether oxygens (including phenoxy) is 2. The van der Waals surface area contributed by atoms with Gasteiger partial charge >= 0.3 is 0 Å². The number of nitrogens with zero attached hydrogens (tertiary/aromatic N) is 3. The van der Waals surface area contributed by atoms with Crippen LogP contribution in [0.15, 0.2) is 28.7 Å². The summed E-state index contributed by atoms with van der Waals surface area (Å²) in [4.78, 5) is 14.7. The van der Waals surface area contributed by atoms with Crippen molar-refractivity contribution in [3.63, 3.8) is 0 Å². The maximum absolute atomic E-state index is 13.0. The predicted octanol–water partition coefficient (Wildman–Crippen LogP) is 1.98. The zero-order valence-electron chi connectivity index (χ0n) is 14.2. The second kappa shape index (κ2) is 6.93. The average Bonchev–Trinajstić information content (AvgIpc) is 3.08. The zero-order chi connectivity index (χ0) is 17.2. The minimum Gasteiger partial charge on any atom is -0.423 e. The van der Waals surface area contributed by atoms with Crippen LogP contribution >= 0.6 is 0 Å². The lowest BCUT2D eigenvalue weighted by molar-refractivity contribution is -0.144. The summed E-state index contributed by atoms with van der Waals surface area (Å²) in [5.41, 5.74) is 2.37. The normalized spacial score (nSPS) is 23.3. The smallest absolute Gasteiger partial charge is 0.241 e. The van der Waals surface area contributed by atoms with Gasteiger partial charge in [-0.2, -0.15) is 0 Å². The summed E-state index contributed by atoms with van der Waals surface area (Å²) < 4.78 is 16.9. The number of aryl methyl sites for hydroxylation is 1. The molecule has 3 heterocycles. The molecule has 0 spiro atoms. The molecule has 2 aliphatic rings. The first-order valence-electron chi connectivity index (χ1n) is 8.59. The van der Waals surface area contributed by atoms with Crippen LogP contribution in [0.3, 0.4) is 0 Å². The van der Waals surface area contributed by atoms with Crippen molar-refractivity contribution in [2.24, 2.45) is 0 Å². The van der Waals surface area contributed by atoms with Crippen LogP contribution in [0, 0.1) is 6.92 Å². The van der Waals surface area contributed by atoms with Gasteiger partial charge in [-0.1, -0.05) is 24.3 Å². The number of carbonyl (C=O) groups excluding carboxylic acids is 1. The molecule has 0 radical (unpaired) electrons. The summed E-state index contributed by atoms with van der Waals surface area (Å²) in [6.07, 6.45) is 0.994. The van der Waals surface area contributed by atoms with Crippen molar-refractivity contribution in [1.82, 2.24) is 15.1 Å². The van der Waals surface area contributed by atoms with Gasteiger partial charge in [-0.3, -0.25) is 4.79 Å². The lowest BCUT2D eigenvalue weighted by Gasteiger charge is -2.35. The molecule has 7 heteroatoms. The molecule has 2 aliphatic heterocycles. The molecule has 4 rings (SSSR count). The van der Waals surface area contributed by atoms with Crippen LogP contribution in [0.1, 0.15) is 41.5 Å². The average molecular weight is 343 g/mol. The summed E-state index contributed by atoms with van der Waals surface area (Å²) in [5, 5.41) is 7.93. The van der Waals surface area contributed by atoms with Gasteiger partial charge in [0.2, 0.25) is 17.7 Å². The molecule has 1 aromatic heterocycles. The third-order valence-corrected chi connectivity index (χ3v) is 4.73. The first kappa shape index (κ1) is 16.2. The van der Waals surface area contributed by atoms with E-state index in [0.29, 0.717) is 44.6 Å². The number of carbonyl (C=O) groups is 1. The Morgan fingerprint density at radius 1 is 1.28 bits per heavy atom. The van der Waals surface area contributed by atoms with Gasteiger partial charge < -0.3 is 18.8 Å². The Kier molecular flexibility index (Phi) is 4.50. The zero-order valence-corrected chi connectivity index (χ0v) is 14.2. The van der Waals surface area contributed by atoms with Crippen molar-refractivity contribution < 1.29 is 18.7 Å². The fourth-order valence-corrected chi connectivity index (χ4v) is 3.47. The van der Waals surface area contributed by atoms with Crippen LogP contribution in [0.25, 0.3) is 0 Å². The maximum Gasteiger partial charge on any atom is 0.241 e. The van der Waals surface area contributed by atoms with E-state index in [1.54, 1.807) is 11.8 Å². The number of amides is 1. The molecule has 2 atom stereocenters. The molecular weight excluding hydrogens is 322 g/mol. The Hall–Kier alpha value is -2.25. The van der Waals surface area contributed by atoms with Crippen molar-refractivity contribution in [3.8, 4) is 0 Å². The second-order valence-electron chi connectivity index (χ2n) is 6.35. The van der Waals surface area contributed by atoms with E-state index in [1.165, 1.54) is 5.56 Å². The van der Waals surface area contributed by atoms with Gasteiger partial charge in [0.1, 0.15) is 6.04 Å². The van der Waals surface area contributed by atoms with Crippen LogP contribution in [-0.2, 0) is 20.7 Å². The topological polar surface area (TPSA) is 77.7 Å². The van der Waals surface area contributed by atoms with Crippen LogP contribution < -0.4 is 0 Å². The minimum atomic E-state index is -0.332. The molecule has 0 bridgehead atoms. The standard InChI is InChI=1S/C18H21N3O4/c1-12-19-20-18(25-12)15-11-23-9-7-21(15)17(22)10-16-14-5-3-2-4-13(14)6-8-24-16/h2-5,15-16H,6-11H2,1H3/t15-,16-/m0/s1. The van der Waals surface area contributed by atoms with E-state index in [2.05, 4.69) is 16.3 Å². The van der Waals surface area contributed by atoms with E-state index in [0.717, 1.165) is 12.0 Å².